The summed E-state index contributed by atoms with van der Waals surface area (Å²) in [4.78, 5) is 12.0. The molecule has 2 rings (SSSR count). The molecule has 2 heterocycles. The molecule has 0 saturated carbocycles. The van der Waals surface area contributed by atoms with Crippen LogP contribution in [0.2, 0.25) is 0 Å². The Labute approximate surface area is 99.8 Å². The van der Waals surface area contributed by atoms with Crippen molar-refractivity contribution in [2.24, 2.45) is 0 Å². The Balaban J connectivity index is 2.11. The van der Waals surface area contributed by atoms with Crippen LogP contribution in [0.4, 0.5) is 5.82 Å². The number of anilines is 1. The van der Waals surface area contributed by atoms with E-state index in [1.165, 1.54) is 4.88 Å². The lowest BCUT2D eigenvalue weighted by Gasteiger charge is -2.17. The minimum atomic E-state index is 0.901. The number of rotatable bonds is 4. The summed E-state index contributed by atoms with van der Waals surface area (Å²) in [6.07, 6.45) is 2.58. The molecule has 0 aliphatic carbocycles. The van der Waals surface area contributed by atoms with Gasteiger partial charge in [0.25, 0.3) is 0 Å². The first kappa shape index (κ1) is 11.1. The topological polar surface area (TPSA) is 29.0 Å². The fourth-order valence-corrected chi connectivity index (χ4v) is 2.26. The maximum atomic E-state index is 4.29. The molecular weight excluding hydrogens is 218 g/mol. The molecule has 0 aliphatic heterocycles. The molecule has 0 radical (unpaired) electrons. The third kappa shape index (κ3) is 2.58. The van der Waals surface area contributed by atoms with E-state index >= 15 is 0 Å². The van der Waals surface area contributed by atoms with Crippen LogP contribution in [0.15, 0.2) is 29.9 Å². The summed E-state index contributed by atoms with van der Waals surface area (Å²) in [6, 6.07) is 6.27. The molecule has 0 saturated heterocycles. The van der Waals surface area contributed by atoms with Crippen molar-refractivity contribution in [2.45, 2.75) is 19.9 Å². The summed E-state index contributed by atoms with van der Waals surface area (Å²) in [5.74, 6) is 0.986. The molecule has 4 heteroatoms. The van der Waals surface area contributed by atoms with Gasteiger partial charge >= 0.3 is 0 Å². The summed E-state index contributed by atoms with van der Waals surface area (Å²) in [6.45, 7) is 3.00. The van der Waals surface area contributed by atoms with Gasteiger partial charge in [0.05, 0.1) is 6.54 Å². The molecule has 2 aromatic rings. The van der Waals surface area contributed by atoms with Gasteiger partial charge in [0.15, 0.2) is 0 Å². The molecule has 16 heavy (non-hydrogen) atoms. The molecule has 3 nitrogen and oxygen atoms in total. The van der Waals surface area contributed by atoms with Crippen molar-refractivity contribution in [3.8, 4) is 0 Å². The summed E-state index contributed by atoms with van der Waals surface area (Å²) < 4.78 is 0. The van der Waals surface area contributed by atoms with E-state index in [4.69, 9.17) is 0 Å². The molecule has 0 unspecified atom stereocenters. The standard InChI is InChI=1S/C12H15N3S/c1-3-10-7-12(14-9-13-10)15(2)8-11-5-4-6-16-11/h4-7,9H,3,8H2,1-2H3. The molecule has 0 atom stereocenters. The maximum absolute atomic E-state index is 4.29. The average Bonchev–Trinajstić information content (AvgIpc) is 2.82. The Hall–Kier alpha value is -1.42. The van der Waals surface area contributed by atoms with Crippen LogP contribution in [-0.2, 0) is 13.0 Å². The summed E-state index contributed by atoms with van der Waals surface area (Å²) >= 11 is 1.77. The predicted molar refractivity (Wildman–Crippen MR) is 67.8 cm³/mol. The second-order valence-electron chi connectivity index (χ2n) is 3.66. The van der Waals surface area contributed by atoms with Gasteiger partial charge in [-0.2, -0.15) is 0 Å². The third-order valence-electron chi connectivity index (χ3n) is 2.44. The SMILES string of the molecule is CCc1cc(N(C)Cc2cccs2)ncn1. The Morgan fingerprint density at radius 1 is 1.38 bits per heavy atom. The van der Waals surface area contributed by atoms with Crippen molar-refractivity contribution in [3.63, 3.8) is 0 Å². The number of hydrogen-bond donors (Lipinski definition) is 0. The number of hydrogen-bond acceptors (Lipinski definition) is 4. The highest BCUT2D eigenvalue weighted by molar-refractivity contribution is 7.09. The van der Waals surface area contributed by atoms with E-state index in [0.717, 1.165) is 24.5 Å². The monoisotopic (exact) mass is 233 g/mol. The van der Waals surface area contributed by atoms with Gasteiger partial charge in [-0.05, 0) is 17.9 Å². The zero-order valence-corrected chi connectivity index (χ0v) is 10.4. The second kappa shape index (κ2) is 5.07. The first-order valence-corrected chi connectivity index (χ1v) is 6.22. The smallest absolute Gasteiger partial charge is 0.132 e. The van der Waals surface area contributed by atoms with Crippen molar-refractivity contribution >= 4 is 17.2 Å². The van der Waals surface area contributed by atoms with Crippen LogP contribution in [-0.4, -0.2) is 17.0 Å². The lowest BCUT2D eigenvalue weighted by Crippen LogP contribution is -2.17. The quantitative estimate of drug-likeness (QED) is 0.813. The molecule has 0 bridgehead atoms. The van der Waals surface area contributed by atoms with Crippen molar-refractivity contribution < 1.29 is 0 Å². The predicted octanol–water partition coefficient (Wildman–Crippen LogP) is 2.74. The van der Waals surface area contributed by atoms with E-state index < -0.39 is 0 Å². The number of aromatic nitrogens is 2. The van der Waals surface area contributed by atoms with Crippen LogP contribution in [0.1, 0.15) is 17.5 Å². The summed E-state index contributed by atoms with van der Waals surface area (Å²) in [7, 11) is 2.06. The van der Waals surface area contributed by atoms with Gasteiger partial charge in [0, 0.05) is 23.7 Å². The van der Waals surface area contributed by atoms with Gasteiger partial charge in [0.1, 0.15) is 12.1 Å². The van der Waals surface area contributed by atoms with Crippen molar-refractivity contribution in [1.29, 1.82) is 0 Å². The average molecular weight is 233 g/mol. The molecule has 0 N–H and O–H groups in total. The Morgan fingerprint density at radius 2 is 2.25 bits per heavy atom. The van der Waals surface area contributed by atoms with Gasteiger partial charge in [-0.25, -0.2) is 9.97 Å². The minimum Gasteiger partial charge on any atom is -0.354 e. The van der Waals surface area contributed by atoms with E-state index in [1.54, 1.807) is 17.7 Å². The highest BCUT2D eigenvalue weighted by Crippen LogP contribution is 2.16. The van der Waals surface area contributed by atoms with E-state index in [9.17, 15) is 0 Å². The molecule has 0 amide bonds. The normalized spacial score (nSPS) is 10.4. The Morgan fingerprint density at radius 3 is 2.94 bits per heavy atom. The van der Waals surface area contributed by atoms with Crippen LogP contribution in [0, 0.1) is 0 Å². The lowest BCUT2D eigenvalue weighted by molar-refractivity contribution is 0.889. The molecule has 84 valence electrons. The lowest BCUT2D eigenvalue weighted by atomic mass is 10.3. The van der Waals surface area contributed by atoms with Crippen LogP contribution >= 0.6 is 11.3 Å². The van der Waals surface area contributed by atoms with Gasteiger partial charge in [-0.1, -0.05) is 13.0 Å². The van der Waals surface area contributed by atoms with Gasteiger partial charge in [-0.15, -0.1) is 11.3 Å². The molecule has 2 aromatic heterocycles. The van der Waals surface area contributed by atoms with Gasteiger partial charge in [-0.3, -0.25) is 0 Å². The highest BCUT2D eigenvalue weighted by atomic mass is 32.1. The zero-order valence-electron chi connectivity index (χ0n) is 9.55. The molecular formula is C12H15N3S. The fraction of sp³-hybridized carbons (Fsp3) is 0.333. The molecule has 0 aliphatic rings. The van der Waals surface area contributed by atoms with Gasteiger partial charge < -0.3 is 4.90 Å². The third-order valence-corrected chi connectivity index (χ3v) is 3.30. The van der Waals surface area contributed by atoms with Crippen LogP contribution in [0.5, 0.6) is 0 Å². The van der Waals surface area contributed by atoms with Crippen LogP contribution < -0.4 is 4.90 Å². The number of thiophene rings is 1. The van der Waals surface area contributed by atoms with Crippen LogP contribution in [0.25, 0.3) is 0 Å². The van der Waals surface area contributed by atoms with Gasteiger partial charge in [0.2, 0.25) is 0 Å². The van der Waals surface area contributed by atoms with Crippen molar-refractivity contribution in [2.75, 3.05) is 11.9 Å². The summed E-state index contributed by atoms with van der Waals surface area (Å²) in [5, 5.41) is 2.10. The largest absolute Gasteiger partial charge is 0.354 e. The summed E-state index contributed by atoms with van der Waals surface area (Å²) in [5.41, 5.74) is 1.09. The van der Waals surface area contributed by atoms with E-state index in [1.807, 2.05) is 6.07 Å². The Bertz CT molecular complexity index is 439. The first-order chi connectivity index (χ1) is 7.79. The van der Waals surface area contributed by atoms with Crippen molar-refractivity contribution in [1.82, 2.24) is 9.97 Å². The fourth-order valence-electron chi connectivity index (χ4n) is 1.51. The molecule has 0 spiro atoms. The number of aryl methyl sites for hydroxylation is 1. The van der Waals surface area contributed by atoms with E-state index in [-0.39, 0.29) is 0 Å². The highest BCUT2D eigenvalue weighted by Gasteiger charge is 2.05. The minimum absolute atomic E-state index is 0.901. The van der Waals surface area contributed by atoms with E-state index in [0.29, 0.717) is 0 Å². The zero-order chi connectivity index (χ0) is 11.4. The maximum Gasteiger partial charge on any atom is 0.132 e. The second-order valence-corrected chi connectivity index (χ2v) is 4.69. The van der Waals surface area contributed by atoms with Crippen molar-refractivity contribution in [3.05, 3.63) is 40.5 Å². The first-order valence-electron chi connectivity index (χ1n) is 5.34. The van der Waals surface area contributed by atoms with E-state index in [2.05, 4.69) is 46.4 Å². The Kier molecular flexibility index (Phi) is 3.51. The van der Waals surface area contributed by atoms with Crippen LogP contribution in [0.3, 0.4) is 0 Å². The molecule has 0 aromatic carbocycles. The molecule has 0 fully saturated rings. The number of nitrogens with zero attached hydrogens (tertiary/aromatic N) is 3.